The van der Waals surface area contributed by atoms with E-state index in [1.54, 1.807) is 0 Å². The van der Waals surface area contributed by atoms with Gasteiger partial charge >= 0.3 is 0 Å². The van der Waals surface area contributed by atoms with Crippen molar-refractivity contribution in [2.24, 2.45) is 0 Å². The lowest BCUT2D eigenvalue weighted by Crippen LogP contribution is -2.47. The van der Waals surface area contributed by atoms with Crippen LogP contribution in [-0.2, 0) is 4.79 Å². The van der Waals surface area contributed by atoms with E-state index in [1.165, 1.54) is 12.8 Å². The van der Waals surface area contributed by atoms with Crippen LogP contribution in [0.2, 0.25) is 0 Å². The van der Waals surface area contributed by atoms with E-state index in [1.807, 2.05) is 14.0 Å². The number of unbranched alkanes of at least 4 members (excludes halogenated alkanes) is 1. The molecule has 1 rings (SSSR count). The molecule has 0 aromatic heterocycles. The Kier molecular flexibility index (Phi) is 6.52. The zero-order valence-electron chi connectivity index (χ0n) is 11.5. The molecule has 1 amide bonds. The van der Waals surface area contributed by atoms with Crippen LogP contribution in [0.3, 0.4) is 0 Å². The summed E-state index contributed by atoms with van der Waals surface area (Å²) in [5.74, 6) is 0.152. The molecule has 2 N–H and O–H groups in total. The van der Waals surface area contributed by atoms with Crippen molar-refractivity contribution in [2.75, 3.05) is 26.7 Å². The van der Waals surface area contributed by atoms with Crippen LogP contribution in [0.5, 0.6) is 0 Å². The van der Waals surface area contributed by atoms with Crippen molar-refractivity contribution in [3.63, 3.8) is 0 Å². The van der Waals surface area contributed by atoms with E-state index in [4.69, 9.17) is 0 Å². The van der Waals surface area contributed by atoms with Crippen molar-refractivity contribution in [2.45, 2.75) is 51.6 Å². The smallest absolute Gasteiger partial charge is 0.237 e. The van der Waals surface area contributed by atoms with E-state index in [9.17, 15) is 4.79 Å². The Balaban J connectivity index is 2.24. The van der Waals surface area contributed by atoms with Gasteiger partial charge in [0, 0.05) is 19.1 Å². The molecule has 4 nitrogen and oxygen atoms in total. The van der Waals surface area contributed by atoms with Gasteiger partial charge in [0.1, 0.15) is 0 Å². The van der Waals surface area contributed by atoms with Gasteiger partial charge in [0.15, 0.2) is 0 Å². The predicted molar refractivity (Wildman–Crippen MR) is 71.0 cm³/mol. The largest absolute Gasteiger partial charge is 0.355 e. The van der Waals surface area contributed by atoms with Crippen LogP contribution >= 0.6 is 0 Å². The zero-order valence-corrected chi connectivity index (χ0v) is 11.5. The number of likely N-dealkylation sites (N-methyl/N-ethyl adjacent to an activating group) is 1. The molecule has 0 saturated carbocycles. The molecule has 1 aliphatic rings. The summed E-state index contributed by atoms with van der Waals surface area (Å²) in [4.78, 5) is 14.0. The second-order valence-electron chi connectivity index (χ2n) is 5.05. The fraction of sp³-hybridized carbons (Fsp3) is 0.923. The number of amides is 1. The van der Waals surface area contributed by atoms with Gasteiger partial charge < -0.3 is 10.6 Å². The van der Waals surface area contributed by atoms with Crippen molar-refractivity contribution in [3.8, 4) is 0 Å². The summed E-state index contributed by atoms with van der Waals surface area (Å²) >= 11 is 0. The highest BCUT2D eigenvalue weighted by atomic mass is 16.2. The van der Waals surface area contributed by atoms with Gasteiger partial charge in [-0.3, -0.25) is 9.69 Å². The molecule has 0 spiro atoms. The Labute approximate surface area is 105 Å². The molecule has 0 aromatic carbocycles. The summed E-state index contributed by atoms with van der Waals surface area (Å²) in [6.07, 6.45) is 4.67. The molecule has 2 atom stereocenters. The van der Waals surface area contributed by atoms with Crippen LogP contribution in [0.1, 0.15) is 39.5 Å². The molecule has 1 fully saturated rings. The average molecular weight is 241 g/mol. The summed E-state index contributed by atoms with van der Waals surface area (Å²) < 4.78 is 0. The quantitative estimate of drug-likeness (QED) is 0.653. The van der Waals surface area contributed by atoms with E-state index in [0.717, 1.165) is 32.5 Å². The van der Waals surface area contributed by atoms with Crippen molar-refractivity contribution in [3.05, 3.63) is 0 Å². The lowest BCUT2D eigenvalue weighted by atomic mass is 10.2. The minimum Gasteiger partial charge on any atom is -0.355 e. The topological polar surface area (TPSA) is 44.4 Å². The monoisotopic (exact) mass is 241 g/mol. The van der Waals surface area contributed by atoms with E-state index in [0.29, 0.717) is 6.04 Å². The summed E-state index contributed by atoms with van der Waals surface area (Å²) in [5, 5.41) is 6.45. The number of hydrogen-bond acceptors (Lipinski definition) is 3. The summed E-state index contributed by atoms with van der Waals surface area (Å²) in [5.41, 5.74) is 0. The Hall–Kier alpha value is -0.610. The summed E-state index contributed by atoms with van der Waals surface area (Å²) in [6.45, 7) is 7.00. The van der Waals surface area contributed by atoms with E-state index in [2.05, 4.69) is 22.5 Å². The number of rotatable bonds is 7. The summed E-state index contributed by atoms with van der Waals surface area (Å²) in [6, 6.07) is 0.528. The molecule has 0 bridgehead atoms. The van der Waals surface area contributed by atoms with Crippen LogP contribution in [-0.4, -0.2) is 49.6 Å². The molecule has 4 heteroatoms. The van der Waals surface area contributed by atoms with Crippen molar-refractivity contribution < 1.29 is 4.79 Å². The third kappa shape index (κ3) is 5.04. The van der Waals surface area contributed by atoms with Gasteiger partial charge in [-0.25, -0.2) is 0 Å². The molecule has 0 radical (unpaired) electrons. The van der Waals surface area contributed by atoms with Gasteiger partial charge in [-0.15, -0.1) is 0 Å². The maximum atomic E-state index is 11.9. The van der Waals surface area contributed by atoms with Gasteiger partial charge in [-0.05, 0) is 39.8 Å². The molecule has 1 saturated heterocycles. The van der Waals surface area contributed by atoms with Crippen molar-refractivity contribution >= 4 is 5.91 Å². The first kappa shape index (κ1) is 14.5. The molecule has 0 aromatic rings. The van der Waals surface area contributed by atoms with E-state index < -0.39 is 0 Å². The van der Waals surface area contributed by atoms with Crippen LogP contribution in [0, 0.1) is 0 Å². The van der Waals surface area contributed by atoms with Crippen LogP contribution < -0.4 is 10.6 Å². The highest BCUT2D eigenvalue weighted by Crippen LogP contribution is 2.07. The molecule has 2 unspecified atom stereocenters. The first-order valence-corrected chi connectivity index (χ1v) is 6.86. The van der Waals surface area contributed by atoms with Gasteiger partial charge in [-0.2, -0.15) is 0 Å². The molecule has 0 aliphatic carbocycles. The zero-order chi connectivity index (χ0) is 12.7. The predicted octanol–water partition coefficient (Wildman–Crippen LogP) is 0.975. The maximum absolute atomic E-state index is 11.9. The van der Waals surface area contributed by atoms with Crippen LogP contribution in [0.4, 0.5) is 0 Å². The number of carbonyl (C=O) groups excluding carboxylic acids is 1. The second-order valence-corrected chi connectivity index (χ2v) is 5.05. The molecular weight excluding hydrogens is 214 g/mol. The molecular formula is C13H27N3O. The van der Waals surface area contributed by atoms with Gasteiger partial charge in [0.2, 0.25) is 5.91 Å². The summed E-state index contributed by atoms with van der Waals surface area (Å²) in [7, 11) is 2.03. The highest BCUT2D eigenvalue weighted by Gasteiger charge is 2.22. The minimum absolute atomic E-state index is 0.0331. The van der Waals surface area contributed by atoms with E-state index >= 15 is 0 Å². The normalized spacial score (nSPS) is 21.8. The lowest BCUT2D eigenvalue weighted by molar-refractivity contribution is -0.125. The SMILES string of the molecule is CCCCNC(=O)C(C)N(C)CC1CCCN1. The molecule has 1 aliphatic heterocycles. The first-order valence-electron chi connectivity index (χ1n) is 6.86. The third-order valence-corrected chi connectivity index (χ3v) is 3.54. The maximum Gasteiger partial charge on any atom is 0.237 e. The van der Waals surface area contributed by atoms with Crippen molar-refractivity contribution in [1.82, 2.24) is 15.5 Å². The highest BCUT2D eigenvalue weighted by molar-refractivity contribution is 5.81. The Bertz CT molecular complexity index is 227. The van der Waals surface area contributed by atoms with Gasteiger partial charge in [0.25, 0.3) is 0 Å². The number of carbonyl (C=O) groups is 1. The van der Waals surface area contributed by atoms with Crippen LogP contribution in [0.15, 0.2) is 0 Å². The Morgan fingerprint density at radius 2 is 2.35 bits per heavy atom. The Morgan fingerprint density at radius 1 is 1.59 bits per heavy atom. The minimum atomic E-state index is -0.0331. The standard InChI is InChI=1S/C13H27N3O/c1-4-5-8-15-13(17)11(2)16(3)10-12-7-6-9-14-12/h11-12,14H,4-10H2,1-3H3,(H,15,17). The van der Waals surface area contributed by atoms with Crippen molar-refractivity contribution in [1.29, 1.82) is 0 Å². The second kappa shape index (κ2) is 7.67. The molecule has 17 heavy (non-hydrogen) atoms. The van der Waals surface area contributed by atoms with E-state index in [-0.39, 0.29) is 11.9 Å². The number of nitrogens with one attached hydrogen (secondary N) is 2. The molecule has 1 heterocycles. The number of nitrogens with zero attached hydrogens (tertiary/aromatic N) is 1. The van der Waals surface area contributed by atoms with Gasteiger partial charge in [0.05, 0.1) is 6.04 Å². The fourth-order valence-electron chi connectivity index (χ4n) is 2.15. The van der Waals surface area contributed by atoms with Crippen LogP contribution in [0.25, 0.3) is 0 Å². The lowest BCUT2D eigenvalue weighted by Gasteiger charge is -2.26. The molecule has 100 valence electrons. The number of hydrogen-bond donors (Lipinski definition) is 2. The Morgan fingerprint density at radius 3 is 2.94 bits per heavy atom. The first-order chi connectivity index (χ1) is 8.15. The average Bonchev–Trinajstić information content (AvgIpc) is 2.81. The third-order valence-electron chi connectivity index (χ3n) is 3.54. The van der Waals surface area contributed by atoms with Gasteiger partial charge in [-0.1, -0.05) is 13.3 Å². The fourth-order valence-corrected chi connectivity index (χ4v) is 2.15.